The number of morpholine rings is 1. The van der Waals surface area contributed by atoms with E-state index < -0.39 is 12.0 Å². The third kappa shape index (κ3) is 4.21. The van der Waals surface area contributed by atoms with Crippen LogP contribution in [0.2, 0.25) is 0 Å². The first-order valence-corrected chi connectivity index (χ1v) is 8.44. The summed E-state index contributed by atoms with van der Waals surface area (Å²) in [7, 11) is 0. The van der Waals surface area contributed by atoms with Gasteiger partial charge in [-0.25, -0.2) is 4.79 Å². The first kappa shape index (κ1) is 17.9. The van der Waals surface area contributed by atoms with Crippen molar-refractivity contribution in [3.05, 3.63) is 65.2 Å². The first-order valence-electron chi connectivity index (χ1n) is 8.44. The fourth-order valence-electron chi connectivity index (χ4n) is 2.90. The Morgan fingerprint density at radius 3 is 2.81 bits per heavy atom. The molecule has 1 fully saturated rings. The van der Waals surface area contributed by atoms with Crippen LogP contribution in [-0.2, 0) is 16.1 Å². The van der Waals surface area contributed by atoms with E-state index in [2.05, 4.69) is 0 Å². The number of rotatable bonds is 5. The summed E-state index contributed by atoms with van der Waals surface area (Å²) < 4.78 is 11.0. The maximum absolute atomic E-state index is 12.7. The molecule has 0 spiro atoms. The SMILES string of the molecule is Cc1cccc(COc2cccc(C(=O)N3CCOCC3C(=O)O)c2)c1. The molecular formula is C20H21NO5. The third-order valence-corrected chi connectivity index (χ3v) is 4.24. The molecule has 0 bridgehead atoms. The fourth-order valence-corrected chi connectivity index (χ4v) is 2.90. The number of aliphatic carboxylic acids is 1. The van der Waals surface area contributed by atoms with Crippen LogP contribution in [-0.4, -0.2) is 47.7 Å². The maximum atomic E-state index is 12.7. The number of benzene rings is 2. The Labute approximate surface area is 152 Å². The van der Waals surface area contributed by atoms with Gasteiger partial charge < -0.3 is 19.5 Å². The van der Waals surface area contributed by atoms with Crippen LogP contribution in [0.4, 0.5) is 0 Å². The molecule has 2 aromatic rings. The van der Waals surface area contributed by atoms with Crippen molar-refractivity contribution in [2.75, 3.05) is 19.8 Å². The van der Waals surface area contributed by atoms with Gasteiger partial charge in [0.2, 0.25) is 0 Å². The molecule has 1 aliphatic heterocycles. The zero-order valence-corrected chi connectivity index (χ0v) is 14.6. The molecule has 1 saturated heterocycles. The van der Waals surface area contributed by atoms with Gasteiger partial charge >= 0.3 is 5.97 Å². The average molecular weight is 355 g/mol. The highest BCUT2D eigenvalue weighted by molar-refractivity contribution is 5.97. The molecule has 3 rings (SSSR count). The molecular weight excluding hydrogens is 334 g/mol. The van der Waals surface area contributed by atoms with E-state index in [0.717, 1.165) is 11.1 Å². The highest BCUT2D eigenvalue weighted by Gasteiger charge is 2.33. The van der Waals surface area contributed by atoms with E-state index in [0.29, 0.717) is 24.5 Å². The van der Waals surface area contributed by atoms with Crippen LogP contribution in [0.1, 0.15) is 21.5 Å². The van der Waals surface area contributed by atoms with Crippen molar-refractivity contribution in [2.45, 2.75) is 19.6 Å². The Balaban J connectivity index is 1.71. The number of hydrogen-bond donors (Lipinski definition) is 1. The van der Waals surface area contributed by atoms with E-state index in [-0.39, 0.29) is 19.1 Å². The van der Waals surface area contributed by atoms with Crippen molar-refractivity contribution in [1.82, 2.24) is 4.90 Å². The van der Waals surface area contributed by atoms with Crippen LogP contribution in [0.3, 0.4) is 0 Å². The van der Waals surface area contributed by atoms with Gasteiger partial charge in [0, 0.05) is 12.1 Å². The van der Waals surface area contributed by atoms with Crippen LogP contribution in [0.15, 0.2) is 48.5 Å². The number of carbonyl (C=O) groups is 2. The molecule has 1 amide bonds. The second-order valence-corrected chi connectivity index (χ2v) is 6.23. The van der Waals surface area contributed by atoms with Crippen molar-refractivity contribution < 1.29 is 24.2 Å². The van der Waals surface area contributed by atoms with Crippen LogP contribution >= 0.6 is 0 Å². The first-order chi connectivity index (χ1) is 12.5. The number of nitrogens with zero attached hydrogens (tertiary/aromatic N) is 1. The number of carboxylic acids is 1. The standard InChI is InChI=1S/C20H21NO5/c1-14-4-2-5-15(10-14)12-26-17-7-3-6-16(11-17)19(22)21-8-9-25-13-18(21)20(23)24/h2-7,10-11,18H,8-9,12-13H2,1H3,(H,23,24). The van der Waals surface area contributed by atoms with Gasteiger partial charge in [-0.3, -0.25) is 4.79 Å². The van der Waals surface area contributed by atoms with E-state index >= 15 is 0 Å². The van der Waals surface area contributed by atoms with E-state index in [1.807, 2.05) is 31.2 Å². The number of carboxylic acid groups (broad SMARTS) is 1. The third-order valence-electron chi connectivity index (χ3n) is 4.24. The Kier molecular flexibility index (Phi) is 5.53. The number of hydrogen-bond acceptors (Lipinski definition) is 4. The number of amides is 1. The lowest BCUT2D eigenvalue weighted by atomic mass is 10.1. The molecule has 1 unspecified atom stereocenters. The molecule has 0 aliphatic carbocycles. The monoisotopic (exact) mass is 355 g/mol. The summed E-state index contributed by atoms with van der Waals surface area (Å²) in [6, 6.07) is 13.9. The quantitative estimate of drug-likeness (QED) is 0.892. The molecule has 1 N–H and O–H groups in total. The molecule has 136 valence electrons. The lowest BCUT2D eigenvalue weighted by Gasteiger charge is -2.32. The van der Waals surface area contributed by atoms with Gasteiger partial charge in [0.25, 0.3) is 5.91 Å². The van der Waals surface area contributed by atoms with Gasteiger partial charge in [-0.15, -0.1) is 0 Å². The predicted octanol–water partition coefficient (Wildman–Crippen LogP) is 2.50. The van der Waals surface area contributed by atoms with Crippen molar-refractivity contribution in [1.29, 1.82) is 0 Å². The van der Waals surface area contributed by atoms with Crippen molar-refractivity contribution >= 4 is 11.9 Å². The zero-order valence-electron chi connectivity index (χ0n) is 14.6. The lowest BCUT2D eigenvalue weighted by Crippen LogP contribution is -2.52. The van der Waals surface area contributed by atoms with Gasteiger partial charge in [-0.1, -0.05) is 35.9 Å². The highest BCUT2D eigenvalue weighted by atomic mass is 16.5. The molecule has 1 atom stereocenters. The Hall–Kier alpha value is -2.86. The summed E-state index contributed by atoms with van der Waals surface area (Å²) in [5.74, 6) is -0.830. The van der Waals surface area contributed by atoms with E-state index in [1.54, 1.807) is 24.3 Å². The van der Waals surface area contributed by atoms with Crippen LogP contribution < -0.4 is 4.74 Å². The summed E-state index contributed by atoms with van der Waals surface area (Å²) >= 11 is 0. The predicted molar refractivity (Wildman–Crippen MR) is 95.2 cm³/mol. The average Bonchev–Trinajstić information content (AvgIpc) is 2.66. The lowest BCUT2D eigenvalue weighted by molar-refractivity contribution is -0.147. The molecule has 6 heteroatoms. The molecule has 2 aromatic carbocycles. The van der Waals surface area contributed by atoms with Gasteiger partial charge in [0.15, 0.2) is 6.04 Å². The molecule has 0 radical (unpaired) electrons. The van der Waals surface area contributed by atoms with Gasteiger partial charge in [-0.05, 0) is 30.7 Å². The summed E-state index contributed by atoms with van der Waals surface area (Å²) in [6.07, 6.45) is 0. The minimum absolute atomic E-state index is 0.00459. The second-order valence-electron chi connectivity index (χ2n) is 6.23. The Morgan fingerprint density at radius 2 is 2.04 bits per heavy atom. The molecule has 0 saturated carbocycles. The Bertz CT molecular complexity index is 804. The van der Waals surface area contributed by atoms with E-state index in [4.69, 9.17) is 9.47 Å². The number of carbonyl (C=O) groups excluding carboxylic acids is 1. The maximum Gasteiger partial charge on any atom is 0.328 e. The summed E-state index contributed by atoms with van der Waals surface area (Å²) in [6.45, 7) is 3.01. The minimum atomic E-state index is -1.06. The van der Waals surface area contributed by atoms with Crippen molar-refractivity contribution in [3.63, 3.8) is 0 Å². The fraction of sp³-hybridized carbons (Fsp3) is 0.300. The van der Waals surface area contributed by atoms with Crippen molar-refractivity contribution in [3.8, 4) is 5.75 Å². The van der Waals surface area contributed by atoms with Gasteiger partial charge in [-0.2, -0.15) is 0 Å². The van der Waals surface area contributed by atoms with Crippen molar-refractivity contribution in [2.24, 2.45) is 0 Å². The normalized spacial score (nSPS) is 17.0. The van der Waals surface area contributed by atoms with E-state index in [9.17, 15) is 14.7 Å². The highest BCUT2D eigenvalue weighted by Crippen LogP contribution is 2.19. The number of aryl methyl sites for hydroxylation is 1. The second kappa shape index (κ2) is 8.01. The smallest absolute Gasteiger partial charge is 0.328 e. The molecule has 26 heavy (non-hydrogen) atoms. The molecule has 1 heterocycles. The van der Waals surface area contributed by atoms with Crippen LogP contribution in [0.25, 0.3) is 0 Å². The van der Waals surface area contributed by atoms with Gasteiger partial charge in [0.1, 0.15) is 12.4 Å². The molecule has 6 nitrogen and oxygen atoms in total. The van der Waals surface area contributed by atoms with E-state index in [1.165, 1.54) is 4.90 Å². The Morgan fingerprint density at radius 1 is 1.23 bits per heavy atom. The summed E-state index contributed by atoms with van der Waals surface area (Å²) in [5.41, 5.74) is 2.60. The molecule has 0 aromatic heterocycles. The molecule has 1 aliphatic rings. The topological polar surface area (TPSA) is 76.1 Å². The number of ether oxygens (including phenoxy) is 2. The summed E-state index contributed by atoms with van der Waals surface area (Å²) in [5, 5.41) is 9.29. The van der Waals surface area contributed by atoms with Crippen LogP contribution in [0.5, 0.6) is 5.75 Å². The van der Waals surface area contributed by atoms with Crippen LogP contribution in [0, 0.1) is 6.92 Å². The largest absolute Gasteiger partial charge is 0.489 e. The zero-order chi connectivity index (χ0) is 18.5. The summed E-state index contributed by atoms with van der Waals surface area (Å²) in [4.78, 5) is 25.4. The minimum Gasteiger partial charge on any atom is -0.489 e. The van der Waals surface area contributed by atoms with Gasteiger partial charge in [0.05, 0.1) is 13.2 Å².